The number of aromatic carboxylic acids is 1. The van der Waals surface area contributed by atoms with Crippen LogP contribution in [0.3, 0.4) is 0 Å². The van der Waals surface area contributed by atoms with Crippen molar-refractivity contribution in [1.82, 2.24) is 4.90 Å². The van der Waals surface area contributed by atoms with Crippen molar-refractivity contribution < 1.29 is 14.3 Å². The zero-order valence-corrected chi connectivity index (χ0v) is 10.5. The molecule has 0 radical (unpaired) electrons. The van der Waals surface area contributed by atoms with Crippen molar-refractivity contribution in [1.29, 1.82) is 0 Å². The molecule has 0 bridgehead atoms. The maximum absolute atomic E-state index is 10.7. The van der Waals surface area contributed by atoms with Gasteiger partial charge in [0, 0.05) is 6.54 Å². The number of likely N-dealkylation sites (tertiary alicyclic amines) is 1. The predicted molar refractivity (Wildman–Crippen MR) is 67.3 cm³/mol. The van der Waals surface area contributed by atoms with Crippen LogP contribution in [0, 0.1) is 5.92 Å². The molecule has 100 valence electrons. The van der Waals surface area contributed by atoms with Gasteiger partial charge >= 0.3 is 5.97 Å². The molecule has 5 nitrogen and oxygen atoms in total. The van der Waals surface area contributed by atoms with Crippen LogP contribution >= 0.6 is 0 Å². The first-order valence-corrected chi connectivity index (χ1v) is 6.43. The van der Waals surface area contributed by atoms with Gasteiger partial charge in [-0.05, 0) is 50.4 Å². The molecule has 1 aliphatic rings. The average Bonchev–Trinajstić information content (AvgIpc) is 2.78. The minimum atomic E-state index is -1.01. The summed E-state index contributed by atoms with van der Waals surface area (Å²) in [4.78, 5) is 13.0. The molecule has 1 aromatic heterocycles. The molecule has 1 saturated heterocycles. The van der Waals surface area contributed by atoms with Crippen LogP contribution in [-0.2, 0) is 6.54 Å². The fourth-order valence-corrected chi connectivity index (χ4v) is 2.56. The summed E-state index contributed by atoms with van der Waals surface area (Å²) < 4.78 is 5.28. The number of carboxylic acid groups (broad SMARTS) is 1. The molecule has 0 aliphatic carbocycles. The van der Waals surface area contributed by atoms with Crippen molar-refractivity contribution in [2.24, 2.45) is 11.7 Å². The number of furan rings is 1. The second-order valence-corrected chi connectivity index (χ2v) is 4.89. The van der Waals surface area contributed by atoms with E-state index in [1.807, 2.05) is 0 Å². The van der Waals surface area contributed by atoms with Crippen molar-refractivity contribution in [3.63, 3.8) is 0 Å². The van der Waals surface area contributed by atoms with Crippen molar-refractivity contribution in [2.45, 2.75) is 25.8 Å². The van der Waals surface area contributed by atoms with Crippen molar-refractivity contribution in [3.8, 4) is 0 Å². The fraction of sp³-hybridized carbons (Fsp3) is 0.615. The number of nitrogens with two attached hydrogens (primary N) is 1. The van der Waals surface area contributed by atoms with Gasteiger partial charge in [-0.15, -0.1) is 0 Å². The first-order chi connectivity index (χ1) is 8.69. The first kappa shape index (κ1) is 13.1. The minimum Gasteiger partial charge on any atom is -0.475 e. The van der Waals surface area contributed by atoms with Crippen molar-refractivity contribution in [3.05, 3.63) is 23.7 Å². The predicted octanol–water partition coefficient (Wildman–Crippen LogP) is 1.54. The van der Waals surface area contributed by atoms with Crippen LogP contribution in [0.15, 0.2) is 16.5 Å². The van der Waals surface area contributed by atoms with E-state index in [9.17, 15) is 4.79 Å². The molecule has 1 atom stereocenters. The topological polar surface area (TPSA) is 79.7 Å². The van der Waals surface area contributed by atoms with Crippen molar-refractivity contribution in [2.75, 3.05) is 19.6 Å². The number of carbonyl (C=O) groups is 1. The summed E-state index contributed by atoms with van der Waals surface area (Å²) in [5.41, 5.74) is 5.59. The minimum absolute atomic E-state index is 0.0144. The second kappa shape index (κ2) is 6.02. The maximum Gasteiger partial charge on any atom is 0.371 e. The quantitative estimate of drug-likeness (QED) is 0.831. The zero-order chi connectivity index (χ0) is 13.0. The highest BCUT2D eigenvalue weighted by Gasteiger charge is 2.20. The van der Waals surface area contributed by atoms with Gasteiger partial charge in [0.05, 0.1) is 6.54 Å². The summed E-state index contributed by atoms with van der Waals surface area (Å²) in [5, 5.41) is 8.79. The molecule has 1 unspecified atom stereocenters. The Morgan fingerprint density at radius 1 is 1.56 bits per heavy atom. The van der Waals surface area contributed by atoms with Gasteiger partial charge in [-0.3, -0.25) is 4.90 Å². The Morgan fingerprint density at radius 3 is 3.06 bits per heavy atom. The van der Waals surface area contributed by atoms with Crippen LogP contribution in [0.1, 0.15) is 35.6 Å². The molecule has 1 fully saturated rings. The van der Waals surface area contributed by atoms with E-state index in [0.717, 1.165) is 31.8 Å². The van der Waals surface area contributed by atoms with E-state index in [0.29, 0.717) is 12.5 Å². The molecule has 0 saturated carbocycles. The summed E-state index contributed by atoms with van der Waals surface area (Å²) in [6.45, 7) is 3.50. The van der Waals surface area contributed by atoms with E-state index in [1.165, 1.54) is 18.9 Å². The highest BCUT2D eigenvalue weighted by Crippen LogP contribution is 2.21. The van der Waals surface area contributed by atoms with Gasteiger partial charge in [-0.2, -0.15) is 0 Å². The lowest BCUT2D eigenvalue weighted by Crippen LogP contribution is -2.35. The Morgan fingerprint density at radius 2 is 2.39 bits per heavy atom. The molecule has 0 aromatic carbocycles. The highest BCUT2D eigenvalue weighted by molar-refractivity contribution is 5.84. The molecular weight excluding hydrogens is 232 g/mol. The van der Waals surface area contributed by atoms with E-state index < -0.39 is 5.97 Å². The van der Waals surface area contributed by atoms with Gasteiger partial charge < -0.3 is 15.3 Å². The highest BCUT2D eigenvalue weighted by atomic mass is 16.4. The van der Waals surface area contributed by atoms with Crippen LogP contribution in [0.2, 0.25) is 0 Å². The number of hydrogen-bond acceptors (Lipinski definition) is 4. The molecule has 2 rings (SSSR count). The molecule has 1 aliphatic heterocycles. The van der Waals surface area contributed by atoms with Crippen LogP contribution in [-0.4, -0.2) is 35.6 Å². The van der Waals surface area contributed by atoms with Crippen LogP contribution in [0.5, 0.6) is 0 Å². The van der Waals surface area contributed by atoms with Gasteiger partial charge in [0.15, 0.2) is 0 Å². The number of piperidine rings is 1. The van der Waals surface area contributed by atoms with Gasteiger partial charge in [0.1, 0.15) is 5.76 Å². The summed E-state index contributed by atoms with van der Waals surface area (Å²) >= 11 is 0. The molecule has 5 heteroatoms. The van der Waals surface area contributed by atoms with E-state index in [2.05, 4.69) is 4.90 Å². The van der Waals surface area contributed by atoms with Gasteiger partial charge in [0.2, 0.25) is 5.76 Å². The Balaban J connectivity index is 1.89. The third-order valence-electron chi connectivity index (χ3n) is 3.43. The third kappa shape index (κ3) is 3.34. The normalized spacial score (nSPS) is 21.1. The SMILES string of the molecule is NCCC1CCCN(Cc2ccc(C(=O)O)o2)C1. The first-order valence-electron chi connectivity index (χ1n) is 6.43. The number of hydrogen-bond donors (Lipinski definition) is 2. The lowest BCUT2D eigenvalue weighted by atomic mass is 9.95. The standard InChI is InChI=1S/C13H20N2O3/c14-6-5-10-2-1-7-15(8-10)9-11-3-4-12(18-11)13(16)17/h3-4,10H,1-2,5-9,14H2,(H,16,17). The molecular formula is C13H20N2O3. The van der Waals surface area contributed by atoms with Gasteiger partial charge in [-0.1, -0.05) is 0 Å². The summed E-state index contributed by atoms with van der Waals surface area (Å²) in [6.07, 6.45) is 3.48. The molecule has 0 amide bonds. The molecule has 2 heterocycles. The maximum atomic E-state index is 10.7. The Hall–Kier alpha value is -1.33. The Bertz CT molecular complexity index is 401. The number of rotatable bonds is 5. The van der Waals surface area contributed by atoms with Crippen LogP contribution < -0.4 is 5.73 Å². The van der Waals surface area contributed by atoms with Crippen molar-refractivity contribution >= 4 is 5.97 Å². The zero-order valence-electron chi connectivity index (χ0n) is 10.5. The van der Waals surface area contributed by atoms with Gasteiger partial charge in [-0.25, -0.2) is 4.79 Å². The Labute approximate surface area is 107 Å². The van der Waals surface area contributed by atoms with E-state index >= 15 is 0 Å². The molecule has 1 aromatic rings. The monoisotopic (exact) mass is 252 g/mol. The average molecular weight is 252 g/mol. The molecule has 18 heavy (non-hydrogen) atoms. The van der Waals surface area contributed by atoms with E-state index in [4.69, 9.17) is 15.3 Å². The smallest absolute Gasteiger partial charge is 0.371 e. The van der Waals surface area contributed by atoms with E-state index in [1.54, 1.807) is 6.07 Å². The lowest BCUT2D eigenvalue weighted by Gasteiger charge is -2.31. The largest absolute Gasteiger partial charge is 0.475 e. The number of nitrogens with zero attached hydrogens (tertiary/aromatic N) is 1. The Kier molecular flexibility index (Phi) is 4.38. The summed E-state index contributed by atoms with van der Waals surface area (Å²) in [6, 6.07) is 3.26. The van der Waals surface area contributed by atoms with Crippen LogP contribution in [0.4, 0.5) is 0 Å². The molecule has 0 spiro atoms. The number of carboxylic acids is 1. The second-order valence-electron chi connectivity index (χ2n) is 4.89. The third-order valence-corrected chi connectivity index (χ3v) is 3.43. The van der Waals surface area contributed by atoms with Crippen LogP contribution in [0.25, 0.3) is 0 Å². The lowest BCUT2D eigenvalue weighted by molar-refractivity contribution is 0.0656. The van der Waals surface area contributed by atoms with E-state index in [-0.39, 0.29) is 5.76 Å². The fourth-order valence-electron chi connectivity index (χ4n) is 2.56. The molecule has 3 N–H and O–H groups in total. The summed E-state index contributed by atoms with van der Waals surface area (Å²) in [7, 11) is 0. The summed E-state index contributed by atoms with van der Waals surface area (Å²) in [5.74, 6) is 0.389. The van der Waals surface area contributed by atoms with Gasteiger partial charge in [0.25, 0.3) is 0 Å².